The molecular weight excluding hydrogens is 262 g/mol. The Labute approximate surface area is 127 Å². The van der Waals surface area contributed by atoms with E-state index in [2.05, 4.69) is 41.5 Å². The molecule has 0 aromatic heterocycles. The van der Waals surface area contributed by atoms with Crippen LogP contribution in [0.2, 0.25) is 0 Å². The molecule has 1 aromatic carbocycles. The minimum Gasteiger partial charge on any atom is -0.350 e. The second-order valence-corrected chi connectivity index (χ2v) is 6.16. The molecule has 0 unspecified atom stereocenters. The summed E-state index contributed by atoms with van der Waals surface area (Å²) in [7, 11) is 2.15. The summed E-state index contributed by atoms with van der Waals surface area (Å²) in [5, 5.41) is 3.13. The fourth-order valence-electron chi connectivity index (χ4n) is 3.11. The molecule has 21 heavy (non-hydrogen) atoms. The van der Waals surface area contributed by atoms with Crippen LogP contribution < -0.4 is 11.1 Å². The number of nitrogens with one attached hydrogen (secondary N) is 1. The predicted octanol–water partition coefficient (Wildman–Crippen LogP) is 1.89. The van der Waals surface area contributed by atoms with Gasteiger partial charge in [0.1, 0.15) is 0 Å². The van der Waals surface area contributed by atoms with Gasteiger partial charge in [0.05, 0.1) is 6.04 Å². The lowest BCUT2D eigenvalue weighted by Gasteiger charge is -2.38. The molecule has 4 heteroatoms. The molecule has 0 radical (unpaired) electrons. The van der Waals surface area contributed by atoms with Crippen molar-refractivity contribution in [2.24, 2.45) is 5.73 Å². The van der Waals surface area contributed by atoms with Crippen LogP contribution in [0.3, 0.4) is 0 Å². The third-order valence-corrected chi connectivity index (χ3v) is 4.31. The topological polar surface area (TPSA) is 58.4 Å². The van der Waals surface area contributed by atoms with Crippen molar-refractivity contribution >= 4 is 5.91 Å². The zero-order chi connectivity index (χ0) is 15.2. The van der Waals surface area contributed by atoms with Crippen molar-refractivity contribution in [3.8, 4) is 0 Å². The molecule has 0 saturated heterocycles. The fourth-order valence-corrected chi connectivity index (χ4v) is 3.11. The van der Waals surface area contributed by atoms with Crippen molar-refractivity contribution in [3.05, 3.63) is 35.9 Å². The van der Waals surface area contributed by atoms with Crippen molar-refractivity contribution < 1.29 is 4.79 Å². The molecule has 1 aromatic rings. The highest BCUT2D eigenvalue weighted by atomic mass is 16.2. The fraction of sp³-hybridized carbons (Fsp3) is 0.588. The number of hydrogen-bond acceptors (Lipinski definition) is 3. The molecule has 0 heterocycles. The van der Waals surface area contributed by atoms with Crippen molar-refractivity contribution in [1.29, 1.82) is 0 Å². The second kappa shape index (κ2) is 7.57. The summed E-state index contributed by atoms with van der Waals surface area (Å²) in [6, 6.07) is 10.6. The lowest BCUT2D eigenvalue weighted by molar-refractivity contribution is -0.123. The average Bonchev–Trinajstić information content (AvgIpc) is 2.48. The maximum absolute atomic E-state index is 11.9. The monoisotopic (exact) mass is 289 g/mol. The molecule has 1 amide bonds. The van der Waals surface area contributed by atoms with E-state index >= 15 is 0 Å². The lowest BCUT2D eigenvalue weighted by Crippen LogP contribution is -2.54. The first-order chi connectivity index (χ1) is 10.1. The van der Waals surface area contributed by atoms with Crippen LogP contribution in [0.25, 0.3) is 0 Å². The molecule has 2 rings (SSSR count). The molecule has 0 aliphatic heterocycles. The van der Waals surface area contributed by atoms with Gasteiger partial charge in [-0.3, -0.25) is 9.69 Å². The summed E-state index contributed by atoms with van der Waals surface area (Å²) < 4.78 is 0. The summed E-state index contributed by atoms with van der Waals surface area (Å²) in [5.74, 6) is -0.0417. The molecule has 116 valence electrons. The number of rotatable bonds is 5. The van der Waals surface area contributed by atoms with Gasteiger partial charge in [-0.1, -0.05) is 43.2 Å². The maximum atomic E-state index is 11.9. The highest BCUT2D eigenvalue weighted by molar-refractivity contribution is 5.81. The van der Waals surface area contributed by atoms with Gasteiger partial charge >= 0.3 is 0 Å². The van der Waals surface area contributed by atoms with Crippen LogP contribution in [0.5, 0.6) is 0 Å². The summed E-state index contributed by atoms with van der Waals surface area (Å²) in [4.78, 5) is 14.2. The van der Waals surface area contributed by atoms with Crippen molar-refractivity contribution in [2.75, 3.05) is 7.05 Å². The first-order valence-electron chi connectivity index (χ1n) is 7.88. The normalized spacial score (nSPS) is 23.8. The van der Waals surface area contributed by atoms with Gasteiger partial charge in [-0.05, 0) is 32.4 Å². The van der Waals surface area contributed by atoms with Gasteiger partial charge in [0, 0.05) is 18.6 Å². The Kier molecular flexibility index (Phi) is 5.76. The van der Waals surface area contributed by atoms with Gasteiger partial charge < -0.3 is 11.1 Å². The quantitative estimate of drug-likeness (QED) is 0.870. The van der Waals surface area contributed by atoms with E-state index in [1.54, 1.807) is 6.92 Å². The van der Waals surface area contributed by atoms with Gasteiger partial charge in [0.25, 0.3) is 0 Å². The summed E-state index contributed by atoms with van der Waals surface area (Å²) in [5.41, 5.74) is 6.98. The minimum absolute atomic E-state index is 0.0417. The molecule has 1 saturated carbocycles. The molecule has 0 spiro atoms. The molecule has 4 nitrogen and oxygen atoms in total. The summed E-state index contributed by atoms with van der Waals surface area (Å²) >= 11 is 0. The van der Waals surface area contributed by atoms with E-state index in [1.165, 1.54) is 18.4 Å². The largest absolute Gasteiger partial charge is 0.350 e. The van der Waals surface area contributed by atoms with Gasteiger partial charge in [-0.25, -0.2) is 0 Å². The van der Waals surface area contributed by atoms with Crippen LogP contribution in [-0.4, -0.2) is 36.0 Å². The Morgan fingerprint density at radius 1 is 1.33 bits per heavy atom. The zero-order valence-electron chi connectivity index (χ0n) is 13.1. The molecular formula is C17H27N3O. The lowest BCUT2D eigenvalue weighted by atomic mass is 9.89. The molecule has 1 aliphatic carbocycles. The van der Waals surface area contributed by atoms with Crippen molar-refractivity contribution in [2.45, 2.75) is 57.3 Å². The molecule has 3 N–H and O–H groups in total. The highest BCUT2D eigenvalue weighted by Crippen LogP contribution is 2.23. The Morgan fingerprint density at radius 2 is 2.00 bits per heavy atom. The number of hydrogen-bond donors (Lipinski definition) is 2. The first kappa shape index (κ1) is 16.0. The Balaban J connectivity index is 1.98. The van der Waals surface area contributed by atoms with Crippen LogP contribution in [0, 0.1) is 0 Å². The molecule has 1 fully saturated rings. The van der Waals surface area contributed by atoms with Gasteiger partial charge in [0.2, 0.25) is 5.91 Å². The van der Waals surface area contributed by atoms with Crippen molar-refractivity contribution in [1.82, 2.24) is 10.2 Å². The second-order valence-electron chi connectivity index (χ2n) is 6.16. The standard InChI is InChI=1S/C17H27N3O/c1-13(18)17(21)19-15-10-6-7-11-16(15)20(2)12-14-8-4-3-5-9-14/h3-5,8-9,13,15-16H,6-7,10-12,18H2,1-2H3,(H,19,21)/t13-,15+,16+/m0/s1. The number of nitrogens with zero attached hydrogens (tertiary/aromatic N) is 1. The number of benzene rings is 1. The number of amides is 1. The maximum Gasteiger partial charge on any atom is 0.236 e. The Morgan fingerprint density at radius 3 is 2.67 bits per heavy atom. The van der Waals surface area contributed by atoms with Gasteiger partial charge in [0.15, 0.2) is 0 Å². The van der Waals surface area contributed by atoms with Gasteiger partial charge in [-0.2, -0.15) is 0 Å². The molecule has 1 aliphatic rings. The van der Waals surface area contributed by atoms with Gasteiger partial charge in [-0.15, -0.1) is 0 Å². The number of nitrogens with two attached hydrogens (primary N) is 1. The number of carbonyl (C=O) groups excluding carboxylic acids is 1. The molecule has 3 atom stereocenters. The smallest absolute Gasteiger partial charge is 0.236 e. The SMILES string of the molecule is C[C@H](N)C(=O)N[C@@H]1CCCC[C@H]1N(C)Cc1ccccc1. The third-order valence-electron chi connectivity index (χ3n) is 4.31. The first-order valence-corrected chi connectivity index (χ1v) is 7.88. The zero-order valence-corrected chi connectivity index (χ0v) is 13.1. The van der Waals surface area contributed by atoms with Crippen LogP contribution in [0.4, 0.5) is 0 Å². The van der Waals surface area contributed by atoms with E-state index in [0.29, 0.717) is 6.04 Å². The molecule has 0 bridgehead atoms. The van der Waals surface area contributed by atoms with E-state index in [4.69, 9.17) is 5.73 Å². The van der Waals surface area contributed by atoms with Crippen LogP contribution >= 0.6 is 0 Å². The minimum atomic E-state index is -0.438. The van der Waals surface area contributed by atoms with Crippen molar-refractivity contribution in [3.63, 3.8) is 0 Å². The summed E-state index contributed by atoms with van der Waals surface area (Å²) in [6.07, 6.45) is 4.59. The van der Waals surface area contributed by atoms with E-state index in [-0.39, 0.29) is 11.9 Å². The average molecular weight is 289 g/mol. The summed E-state index contributed by atoms with van der Waals surface area (Å²) in [6.45, 7) is 2.65. The van der Waals surface area contributed by atoms with Crippen LogP contribution in [-0.2, 0) is 11.3 Å². The Bertz CT molecular complexity index is 447. The van der Waals surface area contributed by atoms with Crippen LogP contribution in [0.1, 0.15) is 38.2 Å². The number of likely N-dealkylation sites (N-methyl/N-ethyl adjacent to an activating group) is 1. The van der Waals surface area contributed by atoms with E-state index < -0.39 is 6.04 Å². The van der Waals surface area contributed by atoms with E-state index in [9.17, 15) is 4.79 Å². The third kappa shape index (κ3) is 4.55. The Hall–Kier alpha value is -1.39. The van der Waals surface area contributed by atoms with E-state index in [1.807, 2.05) is 6.07 Å². The predicted molar refractivity (Wildman–Crippen MR) is 85.7 cm³/mol. The number of carbonyl (C=O) groups is 1. The van der Waals surface area contributed by atoms with Crippen LogP contribution in [0.15, 0.2) is 30.3 Å². The van der Waals surface area contributed by atoms with E-state index in [0.717, 1.165) is 19.4 Å². The highest BCUT2D eigenvalue weighted by Gasteiger charge is 2.29.